The first kappa shape index (κ1) is 18.2. The van der Waals surface area contributed by atoms with Gasteiger partial charge in [-0.25, -0.2) is 4.68 Å². The summed E-state index contributed by atoms with van der Waals surface area (Å²) in [5, 5.41) is 7.86. The normalized spacial score (nSPS) is 22.0. The van der Waals surface area contributed by atoms with Crippen LogP contribution in [0, 0.1) is 19.8 Å². The molecule has 1 aliphatic carbocycles. The predicted octanol–water partition coefficient (Wildman–Crippen LogP) is 3.54. The van der Waals surface area contributed by atoms with Crippen molar-refractivity contribution in [2.75, 3.05) is 19.6 Å². The first-order valence-corrected chi connectivity index (χ1v) is 10.3. The quantitative estimate of drug-likeness (QED) is 0.900. The maximum atomic E-state index is 12.9. The van der Waals surface area contributed by atoms with Gasteiger partial charge in [0.1, 0.15) is 6.04 Å². The van der Waals surface area contributed by atoms with Gasteiger partial charge in [-0.2, -0.15) is 5.10 Å². The Kier molecular flexibility index (Phi) is 5.30. The van der Waals surface area contributed by atoms with E-state index in [1.165, 1.54) is 32.1 Å². The number of para-hydroxylation sites is 1. The molecule has 0 radical (unpaired) electrons. The molecule has 2 heterocycles. The molecule has 1 aromatic heterocycles. The Hall–Kier alpha value is -2.14. The van der Waals surface area contributed by atoms with Gasteiger partial charge in [-0.1, -0.05) is 37.5 Å². The molecule has 0 spiro atoms. The van der Waals surface area contributed by atoms with Gasteiger partial charge in [0.2, 0.25) is 5.91 Å². The van der Waals surface area contributed by atoms with Gasteiger partial charge in [0.05, 0.1) is 11.4 Å². The molecule has 0 bridgehead atoms. The summed E-state index contributed by atoms with van der Waals surface area (Å²) in [4.78, 5) is 15.3. The van der Waals surface area contributed by atoms with Crippen molar-refractivity contribution in [3.63, 3.8) is 0 Å². The Morgan fingerprint density at radius 2 is 1.85 bits per heavy atom. The van der Waals surface area contributed by atoms with E-state index in [1.54, 1.807) is 0 Å². The lowest BCUT2D eigenvalue weighted by atomic mass is 9.88. The van der Waals surface area contributed by atoms with Gasteiger partial charge in [0, 0.05) is 30.9 Å². The molecular weight excluding hydrogens is 336 g/mol. The molecule has 1 unspecified atom stereocenters. The van der Waals surface area contributed by atoms with Crippen molar-refractivity contribution in [1.29, 1.82) is 0 Å². The van der Waals surface area contributed by atoms with E-state index >= 15 is 0 Å². The monoisotopic (exact) mass is 366 g/mol. The summed E-state index contributed by atoms with van der Waals surface area (Å²) in [6.07, 6.45) is 6.62. The van der Waals surface area contributed by atoms with E-state index in [1.807, 2.05) is 29.8 Å². The van der Waals surface area contributed by atoms with E-state index in [-0.39, 0.29) is 11.9 Å². The van der Waals surface area contributed by atoms with Crippen molar-refractivity contribution in [3.8, 4) is 5.69 Å². The highest BCUT2D eigenvalue weighted by Crippen LogP contribution is 2.33. The van der Waals surface area contributed by atoms with Crippen molar-refractivity contribution in [3.05, 3.63) is 47.3 Å². The second-order valence-electron chi connectivity index (χ2n) is 8.02. The molecule has 27 heavy (non-hydrogen) atoms. The highest BCUT2D eigenvalue weighted by molar-refractivity contribution is 5.84. The van der Waals surface area contributed by atoms with E-state index < -0.39 is 0 Å². The van der Waals surface area contributed by atoms with E-state index in [0.29, 0.717) is 0 Å². The molecular formula is C22H30N4O. The number of carbonyl (C=O) groups excluding carboxylic acids is 1. The molecule has 1 aromatic carbocycles. The molecule has 1 saturated carbocycles. The van der Waals surface area contributed by atoms with Crippen LogP contribution in [0.3, 0.4) is 0 Å². The Morgan fingerprint density at radius 1 is 1.11 bits per heavy atom. The number of hydrogen-bond acceptors (Lipinski definition) is 3. The second-order valence-corrected chi connectivity index (χ2v) is 8.02. The molecule has 2 aliphatic rings. The van der Waals surface area contributed by atoms with Crippen molar-refractivity contribution < 1.29 is 4.79 Å². The topological polar surface area (TPSA) is 50.2 Å². The molecule has 1 N–H and O–H groups in total. The number of hydrogen-bond donors (Lipinski definition) is 1. The van der Waals surface area contributed by atoms with Gasteiger partial charge in [-0.15, -0.1) is 0 Å². The van der Waals surface area contributed by atoms with Crippen molar-refractivity contribution >= 4 is 5.91 Å². The zero-order chi connectivity index (χ0) is 18.8. The molecule has 5 heteroatoms. The lowest BCUT2D eigenvalue weighted by molar-refractivity contribution is -0.129. The first-order valence-electron chi connectivity index (χ1n) is 10.3. The minimum atomic E-state index is -0.224. The molecule has 1 atom stereocenters. The van der Waals surface area contributed by atoms with Crippen LogP contribution in [0.4, 0.5) is 0 Å². The Balaban J connectivity index is 1.66. The summed E-state index contributed by atoms with van der Waals surface area (Å²) in [6.45, 7) is 6.80. The number of piperazine rings is 1. The maximum Gasteiger partial charge on any atom is 0.242 e. The van der Waals surface area contributed by atoms with Gasteiger partial charge < -0.3 is 5.32 Å². The van der Waals surface area contributed by atoms with Gasteiger partial charge >= 0.3 is 0 Å². The molecule has 2 fully saturated rings. The van der Waals surface area contributed by atoms with E-state index in [4.69, 9.17) is 5.10 Å². The average Bonchev–Trinajstić information content (AvgIpc) is 2.98. The Bertz CT molecular complexity index is 792. The number of amides is 1. The molecule has 1 aliphatic heterocycles. The first-order chi connectivity index (χ1) is 13.1. The molecule has 2 aromatic rings. The van der Waals surface area contributed by atoms with Crippen LogP contribution >= 0.6 is 0 Å². The zero-order valence-electron chi connectivity index (χ0n) is 16.4. The van der Waals surface area contributed by atoms with E-state index in [2.05, 4.69) is 29.3 Å². The number of carbonyl (C=O) groups is 1. The average molecular weight is 367 g/mol. The van der Waals surface area contributed by atoms with Gasteiger partial charge in [0.15, 0.2) is 0 Å². The summed E-state index contributed by atoms with van der Waals surface area (Å²) < 4.78 is 1.98. The third kappa shape index (κ3) is 3.65. The van der Waals surface area contributed by atoms with E-state index in [9.17, 15) is 4.79 Å². The van der Waals surface area contributed by atoms with Crippen LogP contribution in [0.1, 0.15) is 55.1 Å². The minimum absolute atomic E-state index is 0.121. The molecule has 144 valence electrons. The number of benzene rings is 1. The lowest BCUT2D eigenvalue weighted by Crippen LogP contribution is -2.51. The van der Waals surface area contributed by atoms with Crippen LogP contribution in [0.25, 0.3) is 5.69 Å². The highest BCUT2D eigenvalue weighted by atomic mass is 16.2. The number of nitrogens with zero attached hydrogens (tertiary/aromatic N) is 3. The summed E-state index contributed by atoms with van der Waals surface area (Å²) in [6, 6.07) is 9.95. The second kappa shape index (κ2) is 7.85. The smallest absolute Gasteiger partial charge is 0.242 e. The Morgan fingerprint density at radius 3 is 2.59 bits per heavy atom. The predicted molar refractivity (Wildman–Crippen MR) is 107 cm³/mol. The standard InChI is InChI=1S/C22H30N4O/c1-16-20(17(2)26(24-16)19-11-7-4-8-12-19)21-22(27)23-13-14-25(21)15-18-9-5-3-6-10-18/h4,7-8,11-12,18,21H,3,5-6,9-10,13-15H2,1-2H3,(H,23,27). The summed E-state index contributed by atoms with van der Waals surface area (Å²) in [7, 11) is 0. The fourth-order valence-electron chi connectivity index (χ4n) is 4.80. The van der Waals surface area contributed by atoms with Gasteiger partial charge in [-0.3, -0.25) is 9.69 Å². The summed E-state index contributed by atoms with van der Waals surface area (Å²) in [5.74, 6) is 0.841. The third-order valence-corrected chi connectivity index (χ3v) is 6.15. The number of rotatable bonds is 4. The van der Waals surface area contributed by atoms with Crippen LogP contribution in [0.5, 0.6) is 0 Å². The Labute approximate surface area is 161 Å². The minimum Gasteiger partial charge on any atom is -0.353 e. The van der Waals surface area contributed by atoms with Gasteiger partial charge in [0.25, 0.3) is 0 Å². The molecule has 5 nitrogen and oxygen atoms in total. The largest absolute Gasteiger partial charge is 0.353 e. The van der Waals surface area contributed by atoms with Crippen molar-refractivity contribution in [1.82, 2.24) is 20.0 Å². The van der Waals surface area contributed by atoms with E-state index in [0.717, 1.165) is 48.2 Å². The highest BCUT2D eigenvalue weighted by Gasteiger charge is 2.36. The lowest BCUT2D eigenvalue weighted by Gasteiger charge is -2.38. The van der Waals surface area contributed by atoms with Crippen LogP contribution in [0.15, 0.2) is 30.3 Å². The molecule has 1 saturated heterocycles. The fraction of sp³-hybridized carbons (Fsp3) is 0.545. The zero-order valence-corrected chi connectivity index (χ0v) is 16.4. The summed E-state index contributed by atoms with van der Waals surface area (Å²) >= 11 is 0. The fourth-order valence-corrected chi connectivity index (χ4v) is 4.80. The van der Waals surface area contributed by atoms with Crippen LogP contribution in [-0.4, -0.2) is 40.2 Å². The molecule has 1 amide bonds. The van der Waals surface area contributed by atoms with Gasteiger partial charge in [-0.05, 0) is 44.7 Å². The number of aromatic nitrogens is 2. The van der Waals surface area contributed by atoms with Crippen molar-refractivity contribution in [2.45, 2.75) is 52.0 Å². The molecule has 4 rings (SSSR count). The van der Waals surface area contributed by atoms with Crippen LogP contribution < -0.4 is 5.32 Å². The third-order valence-electron chi connectivity index (χ3n) is 6.15. The van der Waals surface area contributed by atoms with Crippen LogP contribution in [0.2, 0.25) is 0 Å². The SMILES string of the molecule is Cc1nn(-c2ccccc2)c(C)c1C1C(=O)NCCN1CC1CCCCC1. The number of nitrogens with one attached hydrogen (secondary N) is 1. The van der Waals surface area contributed by atoms with Crippen LogP contribution in [-0.2, 0) is 4.79 Å². The van der Waals surface area contributed by atoms with Crippen molar-refractivity contribution in [2.24, 2.45) is 5.92 Å². The maximum absolute atomic E-state index is 12.9. The number of aryl methyl sites for hydroxylation is 1. The summed E-state index contributed by atoms with van der Waals surface area (Å²) in [5.41, 5.74) is 4.13.